The Morgan fingerprint density at radius 3 is 2.54 bits per heavy atom. The van der Waals surface area contributed by atoms with Crippen molar-refractivity contribution >= 4 is 17.4 Å². The van der Waals surface area contributed by atoms with Gasteiger partial charge in [-0.2, -0.15) is 0 Å². The molecule has 0 aliphatic carbocycles. The lowest BCUT2D eigenvalue weighted by Gasteiger charge is -2.41. The zero-order chi connectivity index (χ0) is 24.5. The maximum Gasteiger partial charge on any atom is 0.254 e. The minimum atomic E-state index is -0.0131. The molecule has 2 aliphatic rings. The number of hydrogen-bond acceptors (Lipinski definition) is 6. The van der Waals surface area contributed by atoms with E-state index in [0.29, 0.717) is 30.9 Å². The van der Waals surface area contributed by atoms with Gasteiger partial charge in [-0.25, -0.2) is 4.99 Å². The van der Waals surface area contributed by atoms with Crippen molar-refractivity contribution in [2.45, 2.75) is 19.9 Å². The molecule has 0 spiro atoms. The third kappa shape index (κ3) is 4.41. The van der Waals surface area contributed by atoms with E-state index in [4.69, 9.17) is 19.2 Å². The Hall–Kier alpha value is -4.00. The highest BCUT2D eigenvalue weighted by Crippen LogP contribution is 2.40. The fourth-order valence-electron chi connectivity index (χ4n) is 4.60. The first kappa shape index (κ1) is 22.8. The number of methoxy groups -OCH3 is 2. The summed E-state index contributed by atoms with van der Waals surface area (Å²) in [7, 11) is 3.26. The number of nitrogens with zero attached hydrogens (tertiary/aromatic N) is 3. The van der Waals surface area contributed by atoms with Gasteiger partial charge in [-0.1, -0.05) is 12.1 Å². The number of carbonyl (C=O) groups is 1. The quantitative estimate of drug-likeness (QED) is 0.535. The van der Waals surface area contributed by atoms with E-state index in [2.05, 4.69) is 11.8 Å². The summed E-state index contributed by atoms with van der Waals surface area (Å²) < 4.78 is 17.1. The van der Waals surface area contributed by atoms with E-state index in [-0.39, 0.29) is 11.9 Å². The molecule has 0 bridgehead atoms. The second-order valence-electron chi connectivity index (χ2n) is 8.90. The zero-order valence-electron chi connectivity index (χ0n) is 20.4. The Morgan fingerprint density at radius 2 is 1.77 bits per heavy atom. The van der Waals surface area contributed by atoms with Gasteiger partial charge in [0, 0.05) is 31.2 Å². The highest BCUT2D eigenvalue weighted by atomic mass is 16.5. The van der Waals surface area contributed by atoms with Crippen LogP contribution in [0.25, 0.3) is 0 Å². The van der Waals surface area contributed by atoms with Crippen LogP contribution >= 0.6 is 0 Å². The van der Waals surface area contributed by atoms with Crippen LogP contribution in [0.3, 0.4) is 0 Å². The maximum absolute atomic E-state index is 13.3. The summed E-state index contributed by atoms with van der Waals surface area (Å²) in [4.78, 5) is 22.5. The monoisotopic (exact) mass is 471 g/mol. The fraction of sp³-hybridized carbons (Fsp3) is 0.286. The van der Waals surface area contributed by atoms with Gasteiger partial charge in [0.05, 0.1) is 19.8 Å². The van der Waals surface area contributed by atoms with E-state index in [1.165, 1.54) is 0 Å². The lowest BCUT2D eigenvalue weighted by molar-refractivity contribution is 0.0581. The molecular weight excluding hydrogens is 442 g/mol. The van der Waals surface area contributed by atoms with E-state index in [0.717, 1.165) is 39.9 Å². The number of benzene rings is 3. The fourth-order valence-corrected chi connectivity index (χ4v) is 4.60. The van der Waals surface area contributed by atoms with Crippen LogP contribution in [0.15, 0.2) is 65.7 Å². The third-order valence-electron chi connectivity index (χ3n) is 6.49. The standard InChI is InChI=1S/C28H29N3O4/c1-18-8-10-24-26(14-18)35-25-11-9-22(34-4)16-23(25)27(29-24)30-12-13-31(19(2)17-30)28(32)20-6-5-7-21(15-20)33-3/h5-11,14-16,19H,12-13,17H2,1-4H3/t19-/m0/s1. The number of rotatable bonds is 3. The van der Waals surface area contributed by atoms with Crippen LogP contribution in [0.5, 0.6) is 23.0 Å². The van der Waals surface area contributed by atoms with Crippen molar-refractivity contribution in [2.75, 3.05) is 33.9 Å². The van der Waals surface area contributed by atoms with E-state index < -0.39 is 0 Å². The number of carbonyl (C=O) groups excluding carboxylic acids is 1. The first-order valence-electron chi connectivity index (χ1n) is 11.7. The topological polar surface area (TPSA) is 63.6 Å². The number of fused-ring (bicyclic) bond motifs is 2. The molecule has 2 heterocycles. The van der Waals surface area contributed by atoms with Crippen LogP contribution < -0.4 is 14.2 Å². The van der Waals surface area contributed by atoms with Crippen LogP contribution in [0.4, 0.5) is 5.69 Å². The summed E-state index contributed by atoms with van der Waals surface area (Å²) in [6.07, 6.45) is 0. The summed E-state index contributed by atoms with van der Waals surface area (Å²) in [5.74, 6) is 3.70. The van der Waals surface area contributed by atoms with Gasteiger partial charge in [-0.3, -0.25) is 4.79 Å². The smallest absolute Gasteiger partial charge is 0.254 e. The predicted molar refractivity (Wildman–Crippen MR) is 136 cm³/mol. The van der Waals surface area contributed by atoms with Gasteiger partial charge in [0.1, 0.15) is 28.8 Å². The van der Waals surface area contributed by atoms with E-state index in [1.54, 1.807) is 20.3 Å². The van der Waals surface area contributed by atoms with E-state index in [1.807, 2.05) is 66.4 Å². The molecule has 1 saturated heterocycles. The summed E-state index contributed by atoms with van der Waals surface area (Å²) >= 11 is 0. The van der Waals surface area contributed by atoms with Gasteiger partial charge >= 0.3 is 0 Å². The van der Waals surface area contributed by atoms with Crippen molar-refractivity contribution in [1.29, 1.82) is 0 Å². The molecule has 180 valence electrons. The molecule has 1 fully saturated rings. The SMILES string of the molecule is COc1cccc(C(=O)N2CCN(C3=Nc4ccc(C)cc4Oc4ccc(OC)cc43)C[C@@H]2C)c1. The van der Waals surface area contributed by atoms with E-state index in [9.17, 15) is 4.79 Å². The molecule has 7 heteroatoms. The van der Waals surface area contributed by atoms with Crippen molar-refractivity contribution in [3.05, 3.63) is 77.4 Å². The molecule has 0 saturated carbocycles. The van der Waals surface area contributed by atoms with Crippen LogP contribution in [0.2, 0.25) is 0 Å². The van der Waals surface area contributed by atoms with Gasteiger partial charge in [0.2, 0.25) is 0 Å². The largest absolute Gasteiger partial charge is 0.497 e. The van der Waals surface area contributed by atoms with Crippen molar-refractivity contribution in [2.24, 2.45) is 4.99 Å². The number of amidine groups is 1. The molecular formula is C28H29N3O4. The lowest BCUT2D eigenvalue weighted by Crippen LogP contribution is -2.55. The van der Waals surface area contributed by atoms with Gasteiger partial charge in [0.25, 0.3) is 5.91 Å². The number of hydrogen-bond donors (Lipinski definition) is 0. The van der Waals surface area contributed by atoms with Crippen molar-refractivity contribution in [1.82, 2.24) is 9.80 Å². The molecule has 35 heavy (non-hydrogen) atoms. The predicted octanol–water partition coefficient (Wildman–Crippen LogP) is 5.04. The van der Waals surface area contributed by atoms with Crippen LogP contribution in [0.1, 0.15) is 28.4 Å². The Morgan fingerprint density at radius 1 is 0.971 bits per heavy atom. The van der Waals surface area contributed by atoms with Gasteiger partial charge in [0.15, 0.2) is 5.75 Å². The number of piperazine rings is 1. The van der Waals surface area contributed by atoms with Crippen LogP contribution in [0, 0.1) is 6.92 Å². The van der Waals surface area contributed by atoms with E-state index >= 15 is 0 Å². The van der Waals surface area contributed by atoms with Crippen molar-refractivity contribution < 1.29 is 19.0 Å². The molecule has 7 nitrogen and oxygen atoms in total. The average molecular weight is 472 g/mol. The summed E-state index contributed by atoms with van der Waals surface area (Å²) in [6, 6.07) is 19.1. The molecule has 0 N–H and O–H groups in total. The van der Waals surface area contributed by atoms with Crippen molar-refractivity contribution in [3.63, 3.8) is 0 Å². The van der Waals surface area contributed by atoms with Gasteiger partial charge < -0.3 is 24.0 Å². The molecule has 0 aromatic heterocycles. The Kier molecular flexibility index (Phi) is 6.07. The highest BCUT2D eigenvalue weighted by molar-refractivity contribution is 6.04. The van der Waals surface area contributed by atoms with Crippen LogP contribution in [-0.2, 0) is 0 Å². The maximum atomic E-state index is 13.3. The number of ether oxygens (including phenoxy) is 3. The lowest BCUT2D eigenvalue weighted by atomic mass is 10.1. The Bertz CT molecular complexity index is 1300. The first-order chi connectivity index (χ1) is 17.0. The molecule has 0 radical (unpaired) electrons. The molecule has 3 aromatic rings. The molecule has 0 unspecified atom stereocenters. The Labute approximate surface area is 205 Å². The second kappa shape index (κ2) is 9.33. The summed E-state index contributed by atoms with van der Waals surface area (Å²) in [6.45, 7) is 5.98. The van der Waals surface area contributed by atoms with Crippen LogP contribution in [-0.4, -0.2) is 61.4 Å². The van der Waals surface area contributed by atoms with Gasteiger partial charge in [-0.05, 0) is 67.9 Å². The minimum Gasteiger partial charge on any atom is -0.497 e. The number of aliphatic imine (C=N–C) groups is 1. The highest BCUT2D eigenvalue weighted by Gasteiger charge is 2.32. The summed E-state index contributed by atoms with van der Waals surface area (Å²) in [5.41, 5.74) is 3.39. The normalized spacial score (nSPS) is 16.9. The molecule has 2 aliphatic heterocycles. The van der Waals surface area contributed by atoms with Gasteiger partial charge in [-0.15, -0.1) is 0 Å². The average Bonchev–Trinajstić information content (AvgIpc) is 3.04. The second-order valence-corrected chi connectivity index (χ2v) is 8.90. The first-order valence-corrected chi connectivity index (χ1v) is 11.7. The zero-order valence-corrected chi connectivity index (χ0v) is 20.4. The van der Waals surface area contributed by atoms with Crippen molar-refractivity contribution in [3.8, 4) is 23.0 Å². The molecule has 3 aromatic carbocycles. The third-order valence-corrected chi connectivity index (χ3v) is 6.49. The minimum absolute atomic E-state index is 0.00470. The molecule has 1 atom stereocenters. The number of amides is 1. The Balaban J connectivity index is 1.46. The summed E-state index contributed by atoms with van der Waals surface area (Å²) in [5, 5.41) is 0. The number of aryl methyl sites for hydroxylation is 1. The molecule has 1 amide bonds. The molecule has 5 rings (SSSR count).